The molecule has 78 valence electrons. The van der Waals surface area contributed by atoms with E-state index in [1.54, 1.807) is 6.42 Å². The van der Waals surface area contributed by atoms with Crippen molar-refractivity contribution in [2.75, 3.05) is 6.61 Å². The van der Waals surface area contributed by atoms with Gasteiger partial charge in [-0.25, -0.2) is 0 Å². The zero-order valence-corrected chi connectivity index (χ0v) is 8.73. The van der Waals surface area contributed by atoms with Gasteiger partial charge in [0.05, 0.1) is 0 Å². The number of hydrogen-bond donors (Lipinski definition) is 1. The molecule has 0 saturated heterocycles. The third kappa shape index (κ3) is 0.816. The predicted octanol–water partition coefficient (Wildman–Crippen LogP) is 2.30. The van der Waals surface area contributed by atoms with Gasteiger partial charge in [-0.3, -0.25) is 0 Å². The molecule has 5 saturated carbocycles. The molecule has 1 heteroatoms. The summed E-state index contributed by atoms with van der Waals surface area (Å²) in [6, 6.07) is 0. The van der Waals surface area contributed by atoms with Crippen LogP contribution in [0, 0.1) is 41.4 Å². The maximum atomic E-state index is 9.47. The highest BCUT2D eigenvalue weighted by Gasteiger charge is 2.59. The van der Waals surface area contributed by atoms with Crippen LogP contribution in [-0.4, -0.2) is 11.7 Å². The van der Waals surface area contributed by atoms with Crippen molar-refractivity contribution < 1.29 is 5.11 Å². The molecule has 0 heterocycles. The van der Waals surface area contributed by atoms with Gasteiger partial charge in [-0.1, -0.05) is 0 Å². The summed E-state index contributed by atoms with van der Waals surface area (Å²) in [5, 5.41) is 9.47. The summed E-state index contributed by atoms with van der Waals surface area (Å²) in [6.07, 6.45) is 7.49. The molecule has 0 spiro atoms. The first-order valence-corrected chi connectivity index (χ1v) is 6.47. The lowest BCUT2D eigenvalue weighted by Gasteiger charge is -2.55. The third-order valence-electron chi connectivity index (χ3n) is 6.03. The van der Waals surface area contributed by atoms with E-state index >= 15 is 0 Å². The Morgan fingerprint density at radius 1 is 0.857 bits per heavy atom. The average molecular weight is 192 g/mol. The van der Waals surface area contributed by atoms with Gasteiger partial charge in [-0.15, -0.1) is 0 Å². The number of aliphatic hydroxyl groups is 1. The fourth-order valence-electron chi connectivity index (χ4n) is 5.90. The first kappa shape index (κ1) is 8.15. The minimum atomic E-state index is 0.478. The number of aliphatic hydroxyl groups excluding tert-OH is 1. The van der Waals surface area contributed by atoms with Crippen molar-refractivity contribution in [1.29, 1.82) is 0 Å². The van der Waals surface area contributed by atoms with Gasteiger partial charge in [0.15, 0.2) is 0 Å². The summed E-state index contributed by atoms with van der Waals surface area (Å²) in [5.41, 5.74) is 0. The molecular formula is C13H20O. The van der Waals surface area contributed by atoms with Crippen molar-refractivity contribution in [3.05, 3.63) is 0 Å². The Morgan fingerprint density at radius 2 is 1.71 bits per heavy atom. The third-order valence-corrected chi connectivity index (χ3v) is 6.03. The summed E-state index contributed by atoms with van der Waals surface area (Å²) in [6.45, 7) is 0.478. The van der Waals surface area contributed by atoms with E-state index in [1.807, 2.05) is 0 Å². The normalized spacial score (nSPS) is 63.6. The topological polar surface area (TPSA) is 20.2 Å². The Morgan fingerprint density at radius 3 is 2.57 bits per heavy atom. The van der Waals surface area contributed by atoms with Crippen LogP contribution in [0.2, 0.25) is 0 Å². The predicted molar refractivity (Wildman–Crippen MR) is 54.6 cm³/mol. The molecule has 14 heavy (non-hydrogen) atoms. The largest absolute Gasteiger partial charge is 0.396 e. The Labute approximate surface area is 85.9 Å². The van der Waals surface area contributed by atoms with Crippen molar-refractivity contribution in [3.8, 4) is 0 Å². The van der Waals surface area contributed by atoms with Crippen LogP contribution in [-0.2, 0) is 0 Å². The summed E-state index contributed by atoms with van der Waals surface area (Å²) >= 11 is 0. The van der Waals surface area contributed by atoms with Gasteiger partial charge in [0, 0.05) is 6.61 Å². The Bertz CT molecular complexity index is 262. The lowest BCUT2D eigenvalue weighted by Crippen LogP contribution is -2.47. The molecule has 5 aliphatic carbocycles. The Balaban J connectivity index is 1.75. The van der Waals surface area contributed by atoms with Crippen LogP contribution in [0.5, 0.6) is 0 Å². The monoisotopic (exact) mass is 192 g/mol. The minimum absolute atomic E-state index is 0.478. The summed E-state index contributed by atoms with van der Waals surface area (Å²) < 4.78 is 0. The molecular weight excluding hydrogens is 172 g/mol. The van der Waals surface area contributed by atoms with E-state index in [2.05, 4.69) is 0 Å². The van der Waals surface area contributed by atoms with Crippen molar-refractivity contribution in [2.24, 2.45) is 41.4 Å². The zero-order valence-electron chi connectivity index (χ0n) is 8.73. The molecule has 5 fully saturated rings. The van der Waals surface area contributed by atoms with E-state index < -0.39 is 0 Å². The van der Waals surface area contributed by atoms with Crippen LogP contribution in [0.4, 0.5) is 0 Å². The molecule has 7 atom stereocenters. The number of rotatable bonds is 1. The van der Waals surface area contributed by atoms with Crippen LogP contribution in [0.15, 0.2) is 0 Å². The Hall–Kier alpha value is -0.0400. The summed E-state index contributed by atoms with van der Waals surface area (Å²) in [5.74, 6) is 6.90. The molecule has 0 aromatic heterocycles. The van der Waals surface area contributed by atoms with Crippen LogP contribution < -0.4 is 0 Å². The van der Waals surface area contributed by atoms with E-state index in [0.717, 1.165) is 35.5 Å². The molecule has 1 N–H and O–H groups in total. The highest BCUT2D eigenvalue weighted by molar-refractivity contribution is 5.08. The number of hydrogen-bond acceptors (Lipinski definition) is 1. The molecule has 0 aliphatic heterocycles. The van der Waals surface area contributed by atoms with Crippen LogP contribution in [0.1, 0.15) is 32.1 Å². The van der Waals surface area contributed by atoms with Crippen LogP contribution in [0.25, 0.3) is 0 Å². The second kappa shape index (κ2) is 2.55. The van der Waals surface area contributed by atoms with Crippen molar-refractivity contribution >= 4 is 0 Å². The van der Waals surface area contributed by atoms with E-state index in [-0.39, 0.29) is 0 Å². The van der Waals surface area contributed by atoms with Gasteiger partial charge in [-0.2, -0.15) is 0 Å². The van der Waals surface area contributed by atoms with Crippen molar-refractivity contribution in [2.45, 2.75) is 32.1 Å². The second-order valence-electron chi connectivity index (χ2n) is 6.41. The van der Waals surface area contributed by atoms with Crippen LogP contribution in [0.3, 0.4) is 0 Å². The summed E-state index contributed by atoms with van der Waals surface area (Å²) in [7, 11) is 0. The van der Waals surface area contributed by atoms with E-state index in [1.165, 1.54) is 25.7 Å². The van der Waals surface area contributed by atoms with Gasteiger partial charge >= 0.3 is 0 Å². The molecule has 0 aromatic carbocycles. The first-order valence-electron chi connectivity index (χ1n) is 6.47. The quantitative estimate of drug-likeness (QED) is 0.676. The molecule has 6 bridgehead atoms. The lowest BCUT2D eigenvalue weighted by molar-refractivity contribution is -0.0567. The van der Waals surface area contributed by atoms with E-state index in [9.17, 15) is 5.11 Å². The van der Waals surface area contributed by atoms with E-state index in [0.29, 0.717) is 12.5 Å². The van der Waals surface area contributed by atoms with Crippen molar-refractivity contribution in [3.63, 3.8) is 0 Å². The first-order chi connectivity index (χ1) is 6.86. The fraction of sp³-hybridized carbons (Fsp3) is 1.00. The molecule has 0 amide bonds. The molecule has 0 aromatic rings. The SMILES string of the molecule is OC[C@H]1C[C@H]2[C@@H]3CC4C[C@@H](C3)[C@@H]1[C@@H]2C4. The zero-order chi connectivity index (χ0) is 9.28. The molecule has 5 aliphatic rings. The van der Waals surface area contributed by atoms with Crippen LogP contribution >= 0.6 is 0 Å². The lowest BCUT2D eigenvalue weighted by atomic mass is 9.50. The fourth-order valence-corrected chi connectivity index (χ4v) is 5.90. The minimum Gasteiger partial charge on any atom is -0.396 e. The molecule has 0 radical (unpaired) electrons. The van der Waals surface area contributed by atoms with Gasteiger partial charge in [-0.05, 0) is 73.5 Å². The highest BCUT2D eigenvalue weighted by Crippen LogP contribution is 2.66. The van der Waals surface area contributed by atoms with E-state index in [4.69, 9.17) is 0 Å². The highest BCUT2D eigenvalue weighted by atomic mass is 16.3. The van der Waals surface area contributed by atoms with Gasteiger partial charge in [0.25, 0.3) is 0 Å². The van der Waals surface area contributed by atoms with Crippen molar-refractivity contribution in [1.82, 2.24) is 0 Å². The van der Waals surface area contributed by atoms with Gasteiger partial charge < -0.3 is 5.11 Å². The van der Waals surface area contributed by atoms with Gasteiger partial charge in [0.2, 0.25) is 0 Å². The maximum absolute atomic E-state index is 9.47. The second-order valence-corrected chi connectivity index (χ2v) is 6.41. The molecule has 1 nitrogen and oxygen atoms in total. The smallest absolute Gasteiger partial charge is 0.0462 e. The van der Waals surface area contributed by atoms with Gasteiger partial charge in [0.1, 0.15) is 0 Å². The molecule has 5 rings (SSSR count). The standard InChI is InChI=1S/C13H20O/c14-6-10-5-11-8-1-7-2-9(4-8)13(10)12(11)3-7/h7-14H,1-6H2/t7?,8-,9+,10-,11+,12-,13+/m1/s1. The summed E-state index contributed by atoms with van der Waals surface area (Å²) in [4.78, 5) is 0. The average Bonchev–Trinajstić information content (AvgIpc) is 2.51. The molecule has 1 unspecified atom stereocenters. The Kier molecular flexibility index (Phi) is 1.49. The maximum Gasteiger partial charge on any atom is 0.0462 e.